The monoisotopic (exact) mass is 558 g/mol. The highest BCUT2D eigenvalue weighted by Crippen LogP contribution is 2.71. The number of thiocarbonyl (C=S) groups is 1. The molecule has 0 bridgehead atoms. The van der Waals surface area contributed by atoms with Crippen LogP contribution in [0.5, 0.6) is 0 Å². The number of aliphatic hydroxyl groups is 1. The molecule has 1 aromatic rings. The summed E-state index contributed by atoms with van der Waals surface area (Å²) in [6.07, 6.45) is 1.06. The van der Waals surface area contributed by atoms with Crippen molar-refractivity contribution in [1.29, 1.82) is 0 Å². The number of alkyl halides is 2. The molecule has 0 aromatic heterocycles. The molecule has 0 unspecified atom stereocenters. The zero-order chi connectivity index (χ0) is 28.4. The molecule has 0 amide bonds. The van der Waals surface area contributed by atoms with Crippen LogP contribution in [0.25, 0.3) is 0 Å². The highest BCUT2D eigenvalue weighted by atomic mass is 32.1. The molecule has 5 rings (SSSR count). The lowest BCUT2D eigenvalue weighted by molar-refractivity contribution is -0.222. The molecule has 0 radical (unpaired) electrons. The van der Waals surface area contributed by atoms with Crippen molar-refractivity contribution in [3.63, 3.8) is 0 Å². The lowest BCUT2D eigenvalue weighted by atomic mass is 9.44. The molecule has 9 atom stereocenters. The quantitative estimate of drug-likeness (QED) is 0.365. The van der Waals surface area contributed by atoms with Crippen molar-refractivity contribution >= 4 is 29.0 Å². The third-order valence-electron chi connectivity index (χ3n) is 10.2. The first-order chi connectivity index (χ1) is 18.3. The summed E-state index contributed by atoms with van der Waals surface area (Å²) in [4.78, 5) is 25.0. The number of ether oxygens (including phenoxy) is 2. The van der Waals surface area contributed by atoms with Crippen LogP contribution in [0.2, 0.25) is 0 Å². The molecular formula is C31H36F2O5S. The lowest BCUT2D eigenvalue weighted by Crippen LogP contribution is -2.71. The molecule has 4 aliphatic carbocycles. The van der Waals surface area contributed by atoms with E-state index in [0.29, 0.717) is 6.42 Å². The number of carbonyl (C=O) groups excluding carboxylic acids is 2. The molecule has 210 valence electrons. The first-order valence-electron chi connectivity index (χ1n) is 13.7. The Hall–Kier alpha value is -2.45. The van der Waals surface area contributed by atoms with Gasteiger partial charge in [-0.15, -0.1) is 0 Å². The van der Waals surface area contributed by atoms with Gasteiger partial charge in [-0.25, -0.2) is 8.78 Å². The molecule has 1 aromatic carbocycles. The highest BCUT2D eigenvalue weighted by Gasteiger charge is 2.77. The Morgan fingerprint density at radius 3 is 2.54 bits per heavy atom. The third kappa shape index (κ3) is 3.80. The topological polar surface area (TPSA) is 72.8 Å². The van der Waals surface area contributed by atoms with Gasteiger partial charge < -0.3 is 14.6 Å². The molecule has 0 aliphatic heterocycles. The minimum absolute atomic E-state index is 0.0670. The molecular weight excluding hydrogens is 522 g/mol. The van der Waals surface area contributed by atoms with Crippen LogP contribution in [0.15, 0.2) is 54.1 Å². The second kappa shape index (κ2) is 9.58. The summed E-state index contributed by atoms with van der Waals surface area (Å²) >= 11 is 5.87. The number of aliphatic hydroxyl groups excluding tert-OH is 1. The number of hydrogen-bond donors (Lipinski definition) is 1. The molecule has 5 nitrogen and oxygen atoms in total. The number of carbonyl (C=O) groups is 2. The van der Waals surface area contributed by atoms with Gasteiger partial charge in [-0.05, 0) is 67.6 Å². The Balaban J connectivity index is 1.58. The number of fused-ring (bicyclic) bond motifs is 5. The largest absolute Gasteiger partial charge is 0.479 e. The van der Waals surface area contributed by atoms with Gasteiger partial charge in [0.2, 0.25) is 5.05 Å². The number of hydrogen-bond acceptors (Lipinski definition) is 6. The van der Waals surface area contributed by atoms with Gasteiger partial charge in [0.15, 0.2) is 17.1 Å². The van der Waals surface area contributed by atoms with Gasteiger partial charge in [0.25, 0.3) is 0 Å². The average Bonchev–Trinajstić information content (AvgIpc) is 3.12. The Morgan fingerprint density at radius 1 is 1.18 bits per heavy atom. The summed E-state index contributed by atoms with van der Waals surface area (Å²) < 4.78 is 45.6. The summed E-state index contributed by atoms with van der Waals surface area (Å²) in [6, 6.07) is 9.46. The molecule has 3 fully saturated rings. The fraction of sp³-hybridized carbons (Fsp3) is 0.581. The maximum absolute atomic E-state index is 17.5. The zero-order valence-corrected chi connectivity index (χ0v) is 23.6. The van der Waals surface area contributed by atoms with Crippen LogP contribution in [0, 0.1) is 28.6 Å². The molecule has 0 heterocycles. The highest BCUT2D eigenvalue weighted by molar-refractivity contribution is 7.80. The Labute approximate surface area is 233 Å². The Morgan fingerprint density at radius 2 is 1.87 bits per heavy atom. The van der Waals surface area contributed by atoms with Crippen molar-refractivity contribution in [2.24, 2.45) is 28.6 Å². The van der Waals surface area contributed by atoms with Crippen molar-refractivity contribution in [2.75, 3.05) is 0 Å². The number of halogens is 2. The van der Waals surface area contributed by atoms with E-state index in [1.807, 2.05) is 44.2 Å². The van der Waals surface area contributed by atoms with E-state index in [-0.39, 0.29) is 48.2 Å². The maximum Gasteiger partial charge on any atom is 0.306 e. The summed E-state index contributed by atoms with van der Waals surface area (Å²) in [7, 11) is 0. The molecule has 8 heteroatoms. The van der Waals surface area contributed by atoms with E-state index in [9.17, 15) is 14.7 Å². The molecule has 0 spiro atoms. The van der Waals surface area contributed by atoms with Gasteiger partial charge in [0, 0.05) is 29.1 Å². The van der Waals surface area contributed by atoms with Gasteiger partial charge in [-0.3, -0.25) is 9.59 Å². The maximum atomic E-state index is 17.5. The van der Waals surface area contributed by atoms with Crippen molar-refractivity contribution in [2.45, 2.75) is 83.5 Å². The fourth-order valence-corrected chi connectivity index (χ4v) is 8.83. The molecule has 39 heavy (non-hydrogen) atoms. The summed E-state index contributed by atoms with van der Waals surface area (Å²) in [6.45, 7) is 7.19. The number of esters is 1. The van der Waals surface area contributed by atoms with E-state index >= 15 is 8.78 Å². The second-order valence-corrected chi connectivity index (χ2v) is 12.5. The van der Waals surface area contributed by atoms with Crippen LogP contribution in [-0.2, 0) is 25.7 Å². The van der Waals surface area contributed by atoms with E-state index < -0.39 is 52.2 Å². The van der Waals surface area contributed by atoms with Crippen molar-refractivity contribution < 1.29 is 33.0 Å². The van der Waals surface area contributed by atoms with Crippen LogP contribution in [0.3, 0.4) is 0 Å². The first-order valence-corrected chi connectivity index (χ1v) is 14.1. The van der Waals surface area contributed by atoms with Gasteiger partial charge in [-0.1, -0.05) is 57.2 Å². The summed E-state index contributed by atoms with van der Waals surface area (Å²) in [5.41, 5.74) is -5.18. The minimum atomic E-state index is -2.22. The van der Waals surface area contributed by atoms with Crippen LogP contribution in [-0.4, -0.2) is 45.5 Å². The van der Waals surface area contributed by atoms with E-state index in [1.54, 1.807) is 13.8 Å². The zero-order valence-electron chi connectivity index (χ0n) is 22.8. The summed E-state index contributed by atoms with van der Waals surface area (Å²) in [5, 5.41) is 11.8. The minimum Gasteiger partial charge on any atom is -0.479 e. The Bertz CT molecular complexity index is 1250. The molecule has 1 N–H and O–H groups in total. The van der Waals surface area contributed by atoms with Crippen LogP contribution < -0.4 is 0 Å². The van der Waals surface area contributed by atoms with E-state index in [2.05, 4.69) is 0 Å². The van der Waals surface area contributed by atoms with Crippen molar-refractivity contribution in [3.05, 3.63) is 59.7 Å². The van der Waals surface area contributed by atoms with E-state index in [4.69, 9.17) is 21.7 Å². The van der Waals surface area contributed by atoms with Gasteiger partial charge in [0.1, 0.15) is 12.8 Å². The Kier molecular flexibility index (Phi) is 6.90. The standard InChI is InChI=1S/C31H36F2O5S/c1-5-26(36)38-31(27(39)37-17-19-9-7-6-8-10-19)18(2)13-21-22-15-24(32)23-14-20(34)11-12-28(23,3)30(22,33)25(35)16-29(21,31)4/h6-12,14,18,21-22,24-25,35H,5,13,15-17H2,1-4H3/t18-,21+,22+,24+,25+,28+,29+,30+,31+/m1/s1. The SMILES string of the molecule is CCC(=O)O[C@]1(C(=S)OCc2ccccc2)[C@H](C)C[C@H]2[C@@H]3C[C@H](F)C4=CC(=O)C=C[C@]4(C)[C@@]3(F)[C@@H](O)C[C@@]21C. The number of ketones is 1. The van der Waals surface area contributed by atoms with Crippen molar-refractivity contribution in [3.8, 4) is 0 Å². The predicted molar refractivity (Wildman–Crippen MR) is 146 cm³/mol. The molecule has 3 saturated carbocycles. The van der Waals surface area contributed by atoms with Crippen LogP contribution in [0.1, 0.15) is 58.9 Å². The van der Waals surface area contributed by atoms with Crippen molar-refractivity contribution in [1.82, 2.24) is 0 Å². The number of benzene rings is 1. The third-order valence-corrected chi connectivity index (χ3v) is 10.7. The van der Waals surface area contributed by atoms with Crippen LogP contribution >= 0.6 is 12.2 Å². The fourth-order valence-electron chi connectivity index (χ4n) is 8.30. The smallest absolute Gasteiger partial charge is 0.306 e. The summed E-state index contributed by atoms with van der Waals surface area (Å²) in [5.74, 6) is -2.59. The van der Waals surface area contributed by atoms with Gasteiger partial charge >= 0.3 is 5.97 Å². The average molecular weight is 559 g/mol. The number of rotatable bonds is 5. The second-order valence-electron chi connectivity index (χ2n) is 12.1. The first kappa shape index (κ1) is 28.1. The molecule has 4 aliphatic rings. The number of allylic oxidation sites excluding steroid dienone is 4. The van der Waals surface area contributed by atoms with Gasteiger partial charge in [-0.2, -0.15) is 0 Å². The lowest BCUT2D eigenvalue weighted by Gasteiger charge is -2.63. The van der Waals surface area contributed by atoms with Gasteiger partial charge in [0.05, 0.1) is 6.10 Å². The van der Waals surface area contributed by atoms with E-state index in [0.717, 1.165) is 5.56 Å². The molecule has 0 saturated heterocycles. The normalized spacial score (nSPS) is 42.6. The van der Waals surface area contributed by atoms with Crippen LogP contribution in [0.4, 0.5) is 8.78 Å². The van der Waals surface area contributed by atoms with E-state index in [1.165, 1.54) is 18.2 Å². The predicted octanol–water partition coefficient (Wildman–Crippen LogP) is 5.79.